The molecule has 0 aromatic carbocycles. The van der Waals surface area contributed by atoms with Gasteiger partial charge in [0.1, 0.15) is 4.32 Å². The fraction of sp³-hybridized carbons (Fsp3) is 0.800. The molecule has 0 aromatic heterocycles. The molecule has 0 spiro atoms. The topological polar surface area (TPSA) is 12.5 Å². The number of thiocarbonyl (C=S) groups is 1. The van der Waals surface area contributed by atoms with Crippen molar-refractivity contribution in [2.24, 2.45) is 0 Å². The van der Waals surface area contributed by atoms with Gasteiger partial charge in [0.2, 0.25) is 0 Å². The fourth-order valence-electron chi connectivity index (χ4n) is 0.755. The maximum absolute atomic E-state index is 5.11. The monoisotopic (exact) mass is 226 g/mol. The van der Waals surface area contributed by atoms with E-state index in [1.165, 1.54) is 0 Å². The van der Waals surface area contributed by atoms with Gasteiger partial charge in [-0.25, -0.2) is 0 Å². The Morgan fingerprint density at radius 2 is 1.90 bits per heavy atom. The third-order valence-corrected chi connectivity index (χ3v) is 1.82. The molecule has 1 radical (unpaired) electrons. The van der Waals surface area contributed by atoms with Crippen LogP contribution >= 0.6 is 24.8 Å². The van der Waals surface area contributed by atoms with Gasteiger partial charge in [-0.05, 0) is 0 Å². The van der Waals surface area contributed by atoms with Gasteiger partial charge in [0.15, 0.2) is 0 Å². The molecule has 1 saturated heterocycles. The van der Waals surface area contributed by atoms with Crippen LogP contribution in [0.3, 0.4) is 0 Å². The molecular weight excluding hydrogens is 218 g/mol. The van der Waals surface area contributed by atoms with Gasteiger partial charge in [-0.2, -0.15) is 0 Å². The Morgan fingerprint density at radius 3 is 2.20 bits per heavy atom. The van der Waals surface area contributed by atoms with Gasteiger partial charge < -0.3 is 9.64 Å². The molecule has 1 aliphatic rings. The number of hydrogen-bond donors (Lipinski definition) is 1. The average Bonchev–Trinajstić information content (AvgIpc) is 1.90. The number of morpholine rings is 1. The molecule has 0 N–H and O–H groups in total. The molecule has 0 aliphatic carbocycles. The van der Waals surface area contributed by atoms with Gasteiger partial charge in [0, 0.05) is 13.1 Å². The number of hydrogen-bond acceptors (Lipinski definition) is 2. The molecular formula is C5H9CuNOS2+2. The summed E-state index contributed by atoms with van der Waals surface area (Å²) in [6, 6.07) is 0. The van der Waals surface area contributed by atoms with E-state index in [4.69, 9.17) is 17.0 Å². The quantitative estimate of drug-likeness (QED) is 0.368. The van der Waals surface area contributed by atoms with Crippen molar-refractivity contribution in [3.05, 3.63) is 0 Å². The molecule has 61 valence electrons. The molecule has 1 aliphatic heterocycles. The minimum absolute atomic E-state index is 0. The van der Waals surface area contributed by atoms with E-state index in [-0.39, 0.29) is 17.1 Å². The molecule has 0 aromatic rings. The molecule has 1 rings (SSSR count). The zero-order chi connectivity index (χ0) is 6.69. The number of thiol groups is 1. The molecule has 1 fully saturated rings. The molecule has 0 saturated carbocycles. The SMILES string of the molecule is S=C(S)N1CCOCC1.[Cu+2]. The largest absolute Gasteiger partial charge is 2.00 e. The van der Waals surface area contributed by atoms with Crippen molar-refractivity contribution in [1.29, 1.82) is 0 Å². The van der Waals surface area contributed by atoms with Crippen molar-refractivity contribution in [3.63, 3.8) is 0 Å². The average molecular weight is 227 g/mol. The van der Waals surface area contributed by atoms with Crippen LogP contribution in [0.2, 0.25) is 0 Å². The van der Waals surface area contributed by atoms with Gasteiger partial charge >= 0.3 is 17.1 Å². The molecule has 0 bridgehead atoms. The van der Waals surface area contributed by atoms with Gasteiger partial charge in [-0.1, -0.05) is 12.2 Å². The van der Waals surface area contributed by atoms with Crippen LogP contribution < -0.4 is 0 Å². The third-order valence-electron chi connectivity index (χ3n) is 1.28. The zero-order valence-electron chi connectivity index (χ0n) is 5.34. The van der Waals surface area contributed by atoms with E-state index in [2.05, 4.69) is 12.6 Å². The Hall–Kier alpha value is 0.719. The van der Waals surface area contributed by atoms with Crippen LogP contribution in [-0.2, 0) is 21.8 Å². The summed E-state index contributed by atoms with van der Waals surface area (Å²) in [6.45, 7) is 3.34. The van der Waals surface area contributed by atoms with Crippen LogP contribution in [-0.4, -0.2) is 35.5 Å². The van der Waals surface area contributed by atoms with E-state index >= 15 is 0 Å². The summed E-state index contributed by atoms with van der Waals surface area (Å²) in [7, 11) is 0. The predicted molar refractivity (Wildman–Crippen MR) is 44.0 cm³/mol. The molecule has 0 unspecified atom stereocenters. The number of nitrogens with zero attached hydrogens (tertiary/aromatic N) is 1. The first-order valence-corrected chi connectivity index (χ1v) is 3.72. The third kappa shape index (κ3) is 3.21. The summed E-state index contributed by atoms with van der Waals surface area (Å²) in [5, 5.41) is 0. The van der Waals surface area contributed by atoms with Crippen LogP contribution in [0.4, 0.5) is 0 Å². The predicted octanol–water partition coefficient (Wildman–Crippen LogP) is 0.531. The van der Waals surface area contributed by atoms with E-state index < -0.39 is 0 Å². The molecule has 2 nitrogen and oxygen atoms in total. The van der Waals surface area contributed by atoms with Crippen LogP contribution in [0.5, 0.6) is 0 Å². The molecule has 5 heteroatoms. The maximum atomic E-state index is 5.11. The fourth-order valence-corrected chi connectivity index (χ4v) is 1.14. The van der Waals surface area contributed by atoms with Crippen LogP contribution in [0.15, 0.2) is 0 Å². The Kier molecular flexibility index (Phi) is 5.77. The number of ether oxygens (including phenoxy) is 1. The van der Waals surface area contributed by atoms with E-state index in [1.54, 1.807) is 0 Å². The normalized spacial score (nSPS) is 17.9. The van der Waals surface area contributed by atoms with E-state index in [0.29, 0.717) is 4.32 Å². The summed E-state index contributed by atoms with van der Waals surface area (Å²) in [4.78, 5) is 2.03. The number of rotatable bonds is 0. The molecule has 10 heavy (non-hydrogen) atoms. The minimum Gasteiger partial charge on any atom is -0.378 e. The van der Waals surface area contributed by atoms with Crippen molar-refractivity contribution in [2.45, 2.75) is 0 Å². The van der Waals surface area contributed by atoms with E-state index in [0.717, 1.165) is 26.3 Å². The van der Waals surface area contributed by atoms with Gasteiger partial charge in [0.25, 0.3) is 0 Å². The van der Waals surface area contributed by atoms with E-state index in [1.807, 2.05) is 4.90 Å². The van der Waals surface area contributed by atoms with Gasteiger partial charge in [-0.3, -0.25) is 0 Å². The van der Waals surface area contributed by atoms with E-state index in [9.17, 15) is 0 Å². The summed E-state index contributed by atoms with van der Waals surface area (Å²) < 4.78 is 5.79. The van der Waals surface area contributed by atoms with Gasteiger partial charge in [0.05, 0.1) is 13.2 Å². The Morgan fingerprint density at radius 1 is 1.40 bits per heavy atom. The van der Waals surface area contributed by atoms with Gasteiger partial charge in [-0.15, -0.1) is 12.6 Å². The summed E-state index contributed by atoms with van der Waals surface area (Å²) in [6.07, 6.45) is 0. The molecule has 0 amide bonds. The minimum atomic E-state index is 0. The summed E-state index contributed by atoms with van der Waals surface area (Å²) in [5.41, 5.74) is 0. The van der Waals surface area contributed by atoms with Crippen LogP contribution in [0, 0.1) is 0 Å². The standard InChI is InChI=1S/C5H9NOS2.Cu/c8-5(9)6-1-3-7-4-2-6;/h1-4H2,(H,8,9);/q;+2. The second-order valence-electron chi connectivity index (χ2n) is 1.88. The Labute approximate surface area is 82.2 Å². The summed E-state index contributed by atoms with van der Waals surface area (Å²) >= 11 is 8.89. The Bertz CT molecular complexity index is 116. The van der Waals surface area contributed by atoms with Crippen molar-refractivity contribution in [2.75, 3.05) is 26.3 Å². The van der Waals surface area contributed by atoms with Crippen LogP contribution in [0.1, 0.15) is 0 Å². The van der Waals surface area contributed by atoms with Crippen molar-refractivity contribution in [1.82, 2.24) is 4.90 Å². The molecule has 0 atom stereocenters. The first-order chi connectivity index (χ1) is 4.30. The Balaban J connectivity index is 0.000000810. The first-order valence-electron chi connectivity index (χ1n) is 2.86. The smallest absolute Gasteiger partial charge is 0.378 e. The summed E-state index contributed by atoms with van der Waals surface area (Å²) in [5.74, 6) is 0. The van der Waals surface area contributed by atoms with Crippen molar-refractivity contribution >= 4 is 29.2 Å². The zero-order valence-corrected chi connectivity index (χ0v) is 7.99. The first kappa shape index (κ1) is 10.7. The van der Waals surface area contributed by atoms with Crippen molar-refractivity contribution in [3.8, 4) is 0 Å². The second-order valence-corrected chi connectivity index (χ2v) is 2.99. The van der Waals surface area contributed by atoms with Crippen molar-refractivity contribution < 1.29 is 21.8 Å². The second kappa shape index (κ2) is 5.38. The molecule has 1 heterocycles. The van der Waals surface area contributed by atoms with Crippen LogP contribution in [0.25, 0.3) is 0 Å². The maximum Gasteiger partial charge on any atom is 2.00 e.